The van der Waals surface area contributed by atoms with E-state index in [0.717, 1.165) is 0 Å². The minimum atomic E-state index is -3.82. The highest BCUT2D eigenvalue weighted by Crippen LogP contribution is 2.25. The first kappa shape index (κ1) is 20.5. The number of para-hydroxylation sites is 1. The predicted molar refractivity (Wildman–Crippen MR) is 113 cm³/mol. The summed E-state index contributed by atoms with van der Waals surface area (Å²) in [5, 5.41) is 3.57. The standard InChI is InChI=1S/C19H13Cl3N2O3S/c20-15-10-5-12(11-17(15)22)19(25)23-13-6-8-14(9-7-13)28(26,27)24-18-4-2-1-3-16(18)21/h1-11,24H,(H,23,25). The van der Waals surface area contributed by atoms with Crippen LogP contribution >= 0.6 is 34.8 Å². The van der Waals surface area contributed by atoms with Crippen LogP contribution in [0.15, 0.2) is 71.6 Å². The summed E-state index contributed by atoms with van der Waals surface area (Å²) in [6, 6.07) is 16.8. The molecule has 0 fully saturated rings. The van der Waals surface area contributed by atoms with Crippen LogP contribution in [0.2, 0.25) is 15.1 Å². The molecule has 2 N–H and O–H groups in total. The van der Waals surface area contributed by atoms with Gasteiger partial charge < -0.3 is 5.32 Å². The maximum atomic E-state index is 12.5. The third-order valence-electron chi connectivity index (χ3n) is 3.72. The monoisotopic (exact) mass is 454 g/mol. The number of carbonyl (C=O) groups excluding carboxylic acids is 1. The van der Waals surface area contributed by atoms with E-state index >= 15 is 0 Å². The largest absolute Gasteiger partial charge is 0.322 e. The number of anilines is 2. The Balaban J connectivity index is 1.74. The van der Waals surface area contributed by atoms with Gasteiger partial charge in [-0.1, -0.05) is 46.9 Å². The van der Waals surface area contributed by atoms with Gasteiger partial charge in [-0.05, 0) is 54.6 Å². The Labute approximate surface area is 177 Å². The molecule has 3 aromatic carbocycles. The Morgan fingerprint density at radius 3 is 2.11 bits per heavy atom. The van der Waals surface area contributed by atoms with E-state index in [9.17, 15) is 13.2 Å². The van der Waals surface area contributed by atoms with Crippen molar-refractivity contribution >= 4 is 62.1 Å². The fourth-order valence-corrected chi connectivity index (χ4v) is 3.92. The Kier molecular flexibility index (Phi) is 6.15. The van der Waals surface area contributed by atoms with Crippen LogP contribution in [0.5, 0.6) is 0 Å². The summed E-state index contributed by atoms with van der Waals surface area (Å²) in [5.74, 6) is -0.400. The van der Waals surface area contributed by atoms with Crippen molar-refractivity contribution in [3.63, 3.8) is 0 Å². The van der Waals surface area contributed by atoms with Crippen LogP contribution in [-0.2, 0) is 10.0 Å². The summed E-state index contributed by atoms with van der Waals surface area (Å²) < 4.78 is 27.4. The second-order valence-electron chi connectivity index (χ2n) is 5.69. The van der Waals surface area contributed by atoms with Crippen LogP contribution < -0.4 is 10.0 Å². The lowest BCUT2D eigenvalue weighted by molar-refractivity contribution is 0.102. The molecule has 0 aliphatic rings. The number of hydrogen-bond donors (Lipinski definition) is 2. The van der Waals surface area contributed by atoms with E-state index in [2.05, 4.69) is 10.0 Å². The Hall–Kier alpha value is -2.25. The molecule has 0 bridgehead atoms. The zero-order valence-corrected chi connectivity index (χ0v) is 17.2. The number of benzene rings is 3. The molecule has 0 aliphatic heterocycles. The van der Waals surface area contributed by atoms with Crippen molar-refractivity contribution in [2.45, 2.75) is 4.90 Å². The van der Waals surface area contributed by atoms with Gasteiger partial charge in [-0.2, -0.15) is 0 Å². The highest BCUT2D eigenvalue weighted by atomic mass is 35.5. The number of nitrogens with one attached hydrogen (secondary N) is 2. The summed E-state index contributed by atoms with van der Waals surface area (Å²) in [5.41, 5.74) is 1.03. The van der Waals surface area contributed by atoms with E-state index in [-0.39, 0.29) is 20.6 Å². The van der Waals surface area contributed by atoms with Gasteiger partial charge in [-0.15, -0.1) is 0 Å². The first-order valence-electron chi connectivity index (χ1n) is 7.90. The molecular weight excluding hydrogens is 443 g/mol. The molecule has 5 nitrogen and oxygen atoms in total. The molecule has 0 atom stereocenters. The maximum absolute atomic E-state index is 12.5. The molecule has 0 aromatic heterocycles. The number of hydrogen-bond acceptors (Lipinski definition) is 3. The smallest absolute Gasteiger partial charge is 0.261 e. The molecule has 0 heterocycles. The Morgan fingerprint density at radius 2 is 1.46 bits per heavy atom. The average Bonchev–Trinajstić information content (AvgIpc) is 2.66. The lowest BCUT2D eigenvalue weighted by atomic mass is 10.2. The van der Waals surface area contributed by atoms with Gasteiger partial charge in [0, 0.05) is 11.3 Å². The highest BCUT2D eigenvalue weighted by Gasteiger charge is 2.16. The van der Waals surface area contributed by atoms with Crippen LogP contribution in [-0.4, -0.2) is 14.3 Å². The van der Waals surface area contributed by atoms with Gasteiger partial charge in [-0.25, -0.2) is 8.42 Å². The molecule has 0 saturated heterocycles. The first-order valence-corrected chi connectivity index (χ1v) is 10.5. The van der Waals surface area contributed by atoms with Gasteiger partial charge in [0.15, 0.2) is 0 Å². The Morgan fingerprint density at radius 1 is 0.786 bits per heavy atom. The van der Waals surface area contributed by atoms with E-state index in [1.54, 1.807) is 24.3 Å². The lowest BCUT2D eigenvalue weighted by Crippen LogP contribution is -2.14. The molecule has 3 rings (SSSR count). The fourth-order valence-electron chi connectivity index (χ4n) is 2.31. The van der Waals surface area contributed by atoms with E-state index in [1.807, 2.05) is 0 Å². The summed E-state index contributed by atoms with van der Waals surface area (Å²) in [4.78, 5) is 12.3. The maximum Gasteiger partial charge on any atom is 0.261 e. The van der Waals surface area contributed by atoms with Gasteiger partial charge in [0.05, 0.1) is 25.7 Å². The molecule has 9 heteroatoms. The van der Waals surface area contributed by atoms with E-state index < -0.39 is 15.9 Å². The number of rotatable bonds is 5. The summed E-state index contributed by atoms with van der Waals surface area (Å²) in [6.45, 7) is 0. The summed E-state index contributed by atoms with van der Waals surface area (Å²) >= 11 is 17.7. The van der Waals surface area contributed by atoms with Crippen molar-refractivity contribution < 1.29 is 13.2 Å². The average molecular weight is 456 g/mol. The minimum absolute atomic E-state index is 0.0277. The van der Waals surface area contributed by atoms with Gasteiger partial charge in [0.2, 0.25) is 0 Å². The van der Waals surface area contributed by atoms with E-state index in [4.69, 9.17) is 34.8 Å². The molecule has 1 amide bonds. The minimum Gasteiger partial charge on any atom is -0.322 e. The topological polar surface area (TPSA) is 75.3 Å². The quantitative estimate of drug-likeness (QED) is 0.518. The third-order valence-corrected chi connectivity index (χ3v) is 6.17. The van der Waals surface area contributed by atoms with Gasteiger partial charge >= 0.3 is 0 Å². The first-order chi connectivity index (χ1) is 13.3. The molecule has 0 spiro atoms. The van der Waals surface area contributed by atoms with Crippen molar-refractivity contribution in [1.82, 2.24) is 0 Å². The molecule has 28 heavy (non-hydrogen) atoms. The molecular formula is C19H13Cl3N2O3S. The van der Waals surface area contributed by atoms with E-state index in [0.29, 0.717) is 16.3 Å². The number of halogens is 3. The second-order valence-corrected chi connectivity index (χ2v) is 8.60. The normalized spacial score (nSPS) is 11.1. The predicted octanol–water partition coefficient (Wildman–Crippen LogP) is 5.70. The zero-order valence-electron chi connectivity index (χ0n) is 14.1. The number of amides is 1. The Bertz CT molecular complexity index is 1130. The molecule has 0 aliphatic carbocycles. The van der Waals surface area contributed by atoms with Crippen LogP contribution in [0, 0.1) is 0 Å². The highest BCUT2D eigenvalue weighted by molar-refractivity contribution is 7.92. The molecule has 0 saturated carbocycles. The van der Waals surface area contributed by atoms with Gasteiger partial charge in [0.1, 0.15) is 0 Å². The lowest BCUT2D eigenvalue weighted by Gasteiger charge is -2.10. The zero-order chi connectivity index (χ0) is 20.3. The van der Waals surface area contributed by atoms with Crippen LogP contribution in [0.3, 0.4) is 0 Å². The van der Waals surface area contributed by atoms with Crippen LogP contribution in [0.4, 0.5) is 11.4 Å². The SMILES string of the molecule is O=C(Nc1ccc(S(=O)(=O)Nc2ccccc2Cl)cc1)c1ccc(Cl)c(Cl)c1. The number of sulfonamides is 1. The van der Waals surface area contributed by atoms with Crippen molar-refractivity contribution in [2.24, 2.45) is 0 Å². The van der Waals surface area contributed by atoms with Gasteiger partial charge in [-0.3, -0.25) is 9.52 Å². The van der Waals surface area contributed by atoms with Crippen molar-refractivity contribution in [2.75, 3.05) is 10.0 Å². The molecule has 0 radical (unpaired) electrons. The van der Waals surface area contributed by atoms with Crippen molar-refractivity contribution in [3.05, 3.63) is 87.4 Å². The molecule has 3 aromatic rings. The van der Waals surface area contributed by atoms with E-state index in [1.165, 1.54) is 42.5 Å². The second kappa shape index (κ2) is 8.41. The fraction of sp³-hybridized carbons (Fsp3) is 0. The summed E-state index contributed by atoms with van der Waals surface area (Å²) in [6.07, 6.45) is 0. The van der Waals surface area contributed by atoms with Crippen molar-refractivity contribution in [1.29, 1.82) is 0 Å². The van der Waals surface area contributed by atoms with Gasteiger partial charge in [0.25, 0.3) is 15.9 Å². The molecule has 0 unspecified atom stereocenters. The van der Waals surface area contributed by atoms with Crippen LogP contribution in [0.25, 0.3) is 0 Å². The number of carbonyl (C=O) groups is 1. The van der Waals surface area contributed by atoms with Crippen LogP contribution in [0.1, 0.15) is 10.4 Å². The summed E-state index contributed by atoms with van der Waals surface area (Å²) in [7, 11) is -3.82. The molecule has 144 valence electrons. The third kappa shape index (κ3) is 4.77. The van der Waals surface area contributed by atoms with Crippen molar-refractivity contribution in [3.8, 4) is 0 Å².